The number of terminal acetylenes is 1. The molecule has 7 heteroatoms. The third-order valence-corrected chi connectivity index (χ3v) is 4.34. The first-order valence-electron chi connectivity index (χ1n) is 7.77. The minimum Gasteiger partial charge on any atom is -0.481 e. The number of aliphatic hydroxyl groups is 1. The van der Waals surface area contributed by atoms with E-state index in [1.807, 2.05) is 24.3 Å². The Balaban J connectivity index is 2.26. The first-order chi connectivity index (χ1) is 11.8. The molecule has 0 bridgehead atoms. The van der Waals surface area contributed by atoms with Crippen molar-refractivity contribution < 1.29 is 29.7 Å². The van der Waals surface area contributed by atoms with E-state index in [0.29, 0.717) is 6.42 Å². The summed E-state index contributed by atoms with van der Waals surface area (Å²) < 4.78 is 0. The summed E-state index contributed by atoms with van der Waals surface area (Å²) >= 11 is 0. The number of hydrogen-bond donors (Lipinski definition) is 3. The van der Waals surface area contributed by atoms with E-state index in [0.717, 1.165) is 17.5 Å². The molecule has 0 fully saturated rings. The van der Waals surface area contributed by atoms with E-state index in [-0.39, 0.29) is 12.6 Å². The summed E-state index contributed by atoms with van der Waals surface area (Å²) in [5, 5.41) is 28.1. The molecule has 132 valence electrons. The smallest absolute Gasteiger partial charge is 0.336 e. The molecule has 3 N–H and O–H groups in total. The Morgan fingerprint density at radius 3 is 2.52 bits per heavy atom. The Hall–Kier alpha value is -2.85. The van der Waals surface area contributed by atoms with Gasteiger partial charge in [0.1, 0.15) is 0 Å². The van der Waals surface area contributed by atoms with Gasteiger partial charge in [-0.25, -0.2) is 4.79 Å². The van der Waals surface area contributed by atoms with Crippen molar-refractivity contribution in [2.45, 2.75) is 37.3 Å². The van der Waals surface area contributed by atoms with Crippen LogP contribution in [0.25, 0.3) is 0 Å². The zero-order valence-electron chi connectivity index (χ0n) is 13.5. The predicted molar refractivity (Wildman–Crippen MR) is 87.5 cm³/mol. The standard InChI is InChI=1S/C18H19NO6/c1-2-9-19(14-8-7-12-5-3-4-6-13(12)14)15(20)10-18(25,17(23)24)11-16(21)22/h1,3-6,14,25H,7-11H2,(H,21,22)(H,23,24). The summed E-state index contributed by atoms with van der Waals surface area (Å²) in [6.45, 7) is -0.0550. The van der Waals surface area contributed by atoms with Crippen LogP contribution in [-0.4, -0.2) is 50.2 Å². The second-order valence-corrected chi connectivity index (χ2v) is 6.06. The number of carboxylic acid groups (broad SMARTS) is 2. The second-order valence-electron chi connectivity index (χ2n) is 6.06. The molecule has 1 amide bonds. The van der Waals surface area contributed by atoms with Gasteiger partial charge >= 0.3 is 11.9 Å². The number of hydrogen-bond acceptors (Lipinski definition) is 4. The summed E-state index contributed by atoms with van der Waals surface area (Å²) in [6, 6.07) is 7.25. The fraction of sp³-hybridized carbons (Fsp3) is 0.389. The highest BCUT2D eigenvalue weighted by atomic mass is 16.4. The largest absolute Gasteiger partial charge is 0.481 e. The maximum Gasteiger partial charge on any atom is 0.336 e. The first kappa shape index (κ1) is 18.5. The van der Waals surface area contributed by atoms with Gasteiger partial charge in [0.2, 0.25) is 5.91 Å². The van der Waals surface area contributed by atoms with Crippen molar-refractivity contribution in [1.82, 2.24) is 4.90 Å². The van der Waals surface area contributed by atoms with Gasteiger partial charge < -0.3 is 20.2 Å². The van der Waals surface area contributed by atoms with E-state index in [1.165, 1.54) is 4.90 Å². The molecule has 25 heavy (non-hydrogen) atoms. The van der Waals surface area contributed by atoms with E-state index in [9.17, 15) is 19.5 Å². The van der Waals surface area contributed by atoms with Crippen molar-refractivity contribution in [3.05, 3.63) is 35.4 Å². The van der Waals surface area contributed by atoms with Gasteiger partial charge in [-0.05, 0) is 24.0 Å². The van der Waals surface area contributed by atoms with Crippen LogP contribution in [0.1, 0.15) is 36.4 Å². The van der Waals surface area contributed by atoms with Crippen LogP contribution in [0, 0.1) is 12.3 Å². The van der Waals surface area contributed by atoms with Crippen molar-refractivity contribution >= 4 is 17.8 Å². The molecule has 0 heterocycles. The molecule has 2 unspecified atom stereocenters. The third-order valence-electron chi connectivity index (χ3n) is 4.34. The average Bonchev–Trinajstić information content (AvgIpc) is 2.95. The molecule has 2 atom stereocenters. The Morgan fingerprint density at radius 2 is 1.92 bits per heavy atom. The van der Waals surface area contributed by atoms with Gasteiger partial charge in [0.25, 0.3) is 0 Å². The van der Waals surface area contributed by atoms with Gasteiger partial charge in [-0.3, -0.25) is 9.59 Å². The molecular weight excluding hydrogens is 326 g/mol. The van der Waals surface area contributed by atoms with Gasteiger partial charge in [0.15, 0.2) is 5.60 Å². The summed E-state index contributed by atoms with van der Waals surface area (Å²) in [6.07, 6.45) is 4.81. The molecule has 2 rings (SSSR count). The van der Waals surface area contributed by atoms with Gasteiger partial charge in [-0.15, -0.1) is 6.42 Å². The van der Waals surface area contributed by atoms with Crippen molar-refractivity contribution in [3.63, 3.8) is 0 Å². The average molecular weight is 345 g/mol. The molecule has 1 aliphatic carbocycles. The predicted octanol–water partition coefficient (Wildman–Crippen LogP) is 0.816. The van der Waals surface area contributed by atoms with Gasteiger partial charge in [-0.1, -0.05) is 30.2 Å². The summed E-state index contributed by atoms with van der Waals surface area (Å²) in [5.74, 6) is -1.58. The Labute approximate surface area is 144 Å². The molecular formula is C18H19NO6. The first-order valence-corrected chi connectivity index (χ1v) is 7.77. The number of carboxylic acids is 2. The van der Waals surface area contributed by atoms with Crippen LogP contribution in [0.3, 0.4) is 0 Å². The zero-order chi connectivity index (χ0) is 18.6. The monoisotopic (exact) mass is 345 g/mol. The Bertz CT molecular complexity index is 737. The number of nitrogens with zero attached hydrogens (tertiary/aromatic N) is 1. The fourth-order valence-electron chi connectivity index (χ4n) is 3.14. The summed E-state index contributed by atoms with van der Waals surface area (Å²) in [4.78, 5) is 36.1. The number of aryl methyl sites for hydroxylation is 1. The second kappa shape index (κ2) is 7.36. The number of fused-ring (bicyclic) bond motifs is 1. The lowest BCUT2D eigenvalue weighted by Gasteiger charge is -2.31. The van der Waals surface area contributed by atoms with E-state index >= 15 is 0 Å². The van der Waals surface area contributed by atoms with Crippen LogP contribution in [0.15, 0.2) is 24.3 Å². The lowest BCUT2D eigenvalue weighted by molar-refractivity contribution is -0.169. The molecule has 0 aromatic heterocycles. The Kier molecular flexibility index (Phi) is 5.45. The zero-order valence-corrected chi connectivity index (χ0v) is 13.5. The summed E-state index contributed by atoms with van der Waals surface area (Å²) in [5.41, 5.74) is -0.655. The molecule has 0 radical (unpaired) electrons. The van der Waals surface area contributed by atoms with Crippen LogP contribution < -0.4 is 0 Å². The van der Waals surface area contributed by atoms with Crippen LogP contribution >= 0.6 is 0 Å². The van der Waals surface area contributed by atoms with Crippen LogP contribution in [0.5, 0.6) is 0 Å². The summed E-state index contributed by atoms with van der Waals surface area (Å²) in [7, 11) is 0. The minimum absolute atomic E-state index is 0.0550. The van der Waals surface area contributed by atoms with Gasteiger partial charge in [-0.2, -0.15) is 0 Å². The number of benzene rings is 1. The minimum atomic E-state index is -2.67. The molecule has 7 nitrogen and oxygen atoms in total. The number of carbonyl (C=O) groups excluding carboxylic acids is 1. The number of carbonyl (C=O) groups is 3. The van der Waals surface area contributed by atoms with Crippen LogP contribution in [0.4, 0.5) is 0 Å². The van der Waals surface area contributed by atoms with E-state index in [4.69, 9.17) is 16.6 Å². The molecule has 0 aliphatic heterocycles. The van der Waals surface area contributed by atoms with Crippen LogP contribution in [-0.2, 0) is 20.8 Å². The van der Waals surface area contributed by atoms with Crippen molar-refractivity contribution in [2.24, 2.45) is 0 Å². The normalized spacial score (nSPS) is 17.8. The molecule has 0 saturated carbocycles. The fourth-order valence-corrected chi connectivity index (χ4v) is 3.14. The van der Waals surface area contributed by atoms with E-state index in [2.05, 4.69) is 5.92 Å². The van der Waals surface area contributed by atoms with Crippen molar-refractivity contribution in [3.8, 4) is 12.3 Å². The van der Waals surface area contributed by atoms with E-state index in [1.54, 1.807) is 0 Å². The SMILES string of the molecule is C#CCN(C(=O)CC(O)(CC(=O)O)C(=O)O)C1CCc2ccccc21. The quantitative estimate of drug-likeness (QED) is 0.630. The molecule has 0 spiro atoms. The molecule has 0 saturated heterocycles. The molecule has 1 aromatic rings. The number of aliphatic carboxylic acids is 2. The Morgan fingerprint density at radius 1 is 1.24 bits per heavy atom. The highest BCUT2D eigenvalue weighted by Crippen LogP contribution is 2.36. The lowest BCUT2D eigenvalue weighted by Crippen LogP contribution is -2.47. The number of rotatable bonds is 7. The maximum absolute atomic E-state index is 12.6. The third kappa shape index (κ3) is 3.98. The maximum atomic E-state index is 12.6. The topological polar surface area (TPSA) is 115 Å². The van der Waals surface area contributed by atoms with E-state index < -0.39 is 36.3 Å². The highest BCUT2D eigenvalue weighted by Gasteiger charge is 2.43. The van der Waals surface area contributed by atoms with Gasteiger partial charge in [0, 0.05) is 0 Å². The number of amides is 1. The highest BCUT2D eigenvalue weighted by molar-refractivity contribution is 5.90. The van der Waals surface area contributed by atoms with Crippen molar-refractivity contribution in [2.75, 3.05) is 6.54 Å². The molecule has 1 aromatic carbocycles. The van der Waals surface area contributed by atoms with Crippen LogP contribution in [0.2, 0.25) is 0 Å². The lowest BCUT2D eigenvalue weighted by atomic mass is 9.94. The molecule has 1 aliphatic rings. The van der Waals surface area contributed by atoms with Gasteiger partial charge in [0.05, 0.1) is 25.4 Å². The van der Waals surface area contributed by atoms with Crippen molar-refractivity contribution in [1.29, 1.82) is 0 Å².